The third kappa shape index (κ3) is 4.15. The summed E-state index contributed by atoms with van der Waals surface area (Å²) in [6.45, 7) is 2.06. The summed E-state index contributed by atoms with van der Waals surface area (Å²) in [5.74, 6) is -5.10. The molecule has 0 aliphatic carbocycles. The van der Waals surface area contributed by atoms with Crippen molar-refractivity contribution < 1.29 is 23.1 Å². The fourth-order valence-electron chi connectivity index (χ4n) is 1.16. The molecule has 0 saturated carbocycles. The first kappa shape index (κ1) is 12.3. The molecular formula is C8H13F3O2. The summed E-state index contributed by atoms with van der Waals surface area (Å²) in [5.41, 5.74) is -2.80. The second kappa shape index (κ2) is 3.98. The second-order valence-corrected chi connectivity index (χ2v) is 3.27. The second-order valence-electron chi connectivity index (χ2n) is 3.27. The van der Waals surface area contributed by atoms with E-state index in [0.717, 1.165) is 0 Å². The predicted molar refractivity (Wildman–Crippen MR) is 41.6 cm³/mol. The minimum atomic E-state index is -3.29. The predicted octanol–water partition coefficient (Wildman–Crippen LogP) is 2.62. The van der Waals surface area contributed by atoms with Crippen LogP contribution in [0.3, 0.4) is 0 Å². The molecular weight excluding hydrogens is 185 g/mol. The standard InChI is InChI=1S/C8H13F3O2/c1-3-4-8(11,6(12)13)5-7(2,9)10/h3-5H2,1-2H3,(H,12,13)/t8-/m0/s1. The number of aliphatic carboxylic acids is 1. The van der Waals surface area contributed by atoms with Crippen LogP contribution in [-0.2, 0) is 4.79 Å². The maximum Gasteiger partial charge on any atom is 0.341 e. The van der Waals surface area contributed by atoms with Crippen LogP contribution < -0.4 is 0 Å². The number of halogens is 3. The van der Waals surface area contributed by atoms with Gasteiger partial charge in [-0.3, -0.25) is 0 Å². The molecule has 0 aliphatic rings. The average Bonchev–Trinajstić information content (AvgIpc) is 1.82. The van der Waals surface area contributed by atoms with Crippen LogP contribution in [0.15, 0.2) is 0 Å². The molecule has 78 valence electrons. The molecule has 0 unspecified atom stereocenters. The molecule has 0 fully saturated rings. The van der Waals surface area contributed by atoms with E-state index in [1.165, 1.54) is 0 Å². The smallest absolute Gasteiger partial charge is 0.341 e. The topological polar surface area (TPSA) is 37.3 Å². The summed E-state index contributed by atoms with van der Waals surface area (Å²) in [5, 5.41) is 8.42. The largest absolute Gasteiger partial charge is 0.479 e. The van der Waals surface area contributed by atoms with Crippen LogP contribution in [0.25, 0.3) is 0 Å². The van der Waals surface area contributed by atoms with E-state index in [-0.39, 0.29) is 12.8 Å². The van der Waals surface area contributed by atoms with Crippen LogP contribution in [-0.4, -0.2) is 22.7 Å². The van der Waals surface area contributed by atoms with Gasteiger partial charge in [-0.15, -0.1) is 0 Å². The fourth-order valence-corrected chi connectivity index (χ4v) is 1.16. The van der Waals surface area contributed by atoms with Gasteiger partial charge in [-0.2, -0.15) is 0 Å². The molecule has 0 aromatic heterocycles. The Morgan fingerprint density at radius 1 is 1.38 bits per heavy atom. The van der Waals surface area contributed by atoms with Gasteiger partial charge >= 0.3 is 5.97 Å². The van der Waals surface area contributed by atoms with Gasteiger partial charge in [-0.25, -0.2) is 18.0 Å². The Morgan fingerprint density at radius 3 is 2.08 bits per heavy atom. The van der Waals surface area contributed by atoms with Crippen molar-refractivity contribution in [2.24, 2.45) is 0 Å². The molecule has 13 heavy (non-hydrogen) atoms. The highest BCUT2D eigenvalue weighted by molar-refractivity contribution is 5.77. The van der Waals surface area contributed by atoms with Crippen molar-refractivity contribution >= 4 is 5.97 Å². The van der Waals surface area contributed by atoms with Gasteiger partial charge in [0.25, 0.3) is 0 Å². The first-order chi connectivity index (χ1) is 5.71. The van der Waals surface area contributed by atoms with Gasteiger partial charge in [0.1, 0.15) is 0 Å². The van der Waals surface area contributed by atoms with Crippen molar-refractivity contribution in [3.8, 4) is 0 Å². The molecule has 2 nitrogen and oxygen atoms in total. The minimum absolute atomic E-state index is 0.221. The van der Waals surface area contributed by atoms with Gasteiger partial charge in [0, 0.05) is 0 Å². The van der Waals surface area contributed by atoms with E-state index < -0.39 is 24.0 Å². The van der Waals surface area contributed by atoms with E-state index in [9.17, 15) is 18.0 Å². The molecule has 5 heteroatoms. The molecule has 0 aliphatic heterocycles. The van der Waals surface area contributed by atoms with Gasteiger partial charge in [-0.05, 0) is 13.3 Å². The molecule has 0 aromatic rings. The molecule has 0 bridgehead atoms. The van der Waals surface area contributed by atoms with Gasteiger partial charge in [0.15, 0.2) is 0 Å². The number of alkyl halides is 3. The molecule has 0 amide bonds. The number of carboxylic acids is 1. The van der Waals surface area contributed by atoms with Crippen molar-refractivity contribution in [2.45, 2.75) is 44.7 Å². The average molecular weight is 198 g/mol. The lowest BCUT2D eigenvalue weighted by atomic mass is 9.93. The van der Waals surface area contributed by atoms with Crippen LogP contribution >= 0.6 is 0 Å². The van der Waals surface area contributed by atoms with E-state index >= 15 is 0 Å². The summed E-state index contributed by atoms with van der Waals surface area (Å²) < 4.78 is 38.1. The highest BCUT2D eigenvalue weighted by Crippen LogP contribution is 2.32. The third-order valence-corrected chi connectivity index (χ3v) is 1.62. The summed E-state index contributed by atoms with van der Waals surface area (Å²) in [7, 11) is 0. The third-order valence-electron chi connectivity index (χ3n) is 1.62. The molecule has 0 rings (SSSR count). The van der Waals surface area contributed by atoms with Gasteiger partial charge in [0.05, 0.1) is 6.42 Å². The number of hydrogen-bond donors (Lipinski definition) is 1. The lowest BCUT2D eigenvalue weighted by Crippen LogP contribution is -2.38. The summed E-state index contributed by atoms with van der Waals surface area (Å²) in [6.07, 6.45) is -1.42. The van der Waals surface area contributed by atoms with Gasteiger partial charge in [0.2, 0.25) is 11.6 Å². The Labute approximate surface area is 74.7 Å². The lowest BCUT2D eigenvalue weighted by Gasteiger charge is -2.23. The van der Waals surface area contributed by atoms with Gasteiger partial charge in [-0.1, -0.05) is 13.3 Å². The Bertz CT molecular complexity index is 188. The van der Waals surface area contributed by atoms with E-state index in [0.29, 0.717) is 6.92 Å². The first-order valence-corrected chi connectivity index (χ1v) is 4.01. The summed E-state index contributed by atoms with van der Waals surface area (Å²) in [4.78, 5) is 10.4. The Kier molecular flexibility index (Phi) is 3.75. The number of carbonyl (C=O) groups is 1. The molecule has 0 saturated heterocycles. The zero-order valence-corrected chi connectivity index (χ0v) is 7.61. The number of rotatable bonds is 5. The lowest BCUT2D eigenvalue weighted by molar-refractivity contribution is -0.158. The molecule has 0 spiro atoms. The monoisotopic (exact) mass is 198 g/mol. The quantitative estimate of drug-likeness (QED) is 0.737. The minimum Gasteiger partial charge on any atom is -0.479 e. The normalized spacial score (nSPS) is 16.7. The van der Waals surface area contributed by atoms with Crippen molar-refractivity contribution in [1.82, 2.24) is 0 Å². The fraction of sp³-hybridized carbons (Fsp3) is 0.875. The Balaban J connectivity index is 4.51. The molecule has 0 aromatic carbocycles. The summed E-state index contributed by atoms with van der Waals surface area (Å²) >= 11 is 0. The first-order valence-electron chi connectivity index (χ1n) is 4.01. The van der Waals surface area contributed by atoms with Crippen LogP contribution in [0.4, 0.5) is 13.2 Å². The zero-order chi connectivity index (χ0) is 10.7. The highest BCUT2D eigenvalue weighted by Gasteiger charge is 2.45. The number of hydrogen-bond acceptors (Lipinski definition) is 1. The number of carboxylic acid groups (broad SMARTS) is 1. The van der Waals surface area contributed by atoms with E-state index in [1.54, 1.807) is 6.92 Å². The maximum absolute atomic E-state index is 13.3. The van der Waals surface area contributed by atoms with Crippen LogP contribution in [0.1, 0.15) is 33.1 Å². The van der Waals surface area contributed by atoms with Crippen molar-refractivity contribution in [2.75, 3.05) is 0 Å². The summed E-state index contributed by atoms with van der Waals surface area (Å²) in [6, 6.07) is 0. The van der Waals surface area contributed by atoms with Crippen LogP contribution in [0.5, 0.6) is 0 Å². The molecule has 1 N–H and O–H groups in total. The molecule has 1 atom stereocenters. The van der Waals surface area contributed by atoms with E-state index in [4.69, 9.17) is 5.11 Å². The zero-order valence-electron chi connectivity index (χ0n) is 7.61. The Hall–Kier alpha value is -0.740. The Morgan fingerprint density at radius 2 is 1.85 bits per heavy atom. The van der Waals surface area contributed by atoms with Gasteiger partial charge < -0.3 is 5.11 Å². The van der Waals surface area contributed by atoms with Crippen molar-refractivity contribution in [3.63, 3.8) is 0 Å². The van der Waals surface area contributed by atoms with E-state index in [2.05, 4.69) is 0 Å². The SMILES string of the molecule is CCC[C@](F)(CC(C)(F)F)C(=O)O. The maximum atomic E-state index is 13.3. The molecule has 0 radical (unpaired) electrons. The van der Waals surface area contributed by atoms with Crippen molar-refractivity contribution in [1.29, 1.82) is 0 Å². The highest BCUT2D eigenvalue weighted by atomic mass is 19.3. The van der Waals surface area contributed by atoms with Crippen molar-refractivity contribution in [3.05, 3.63) is 0 Å². The van der Waals surface area contributed by atoms with E-state index in [1.807, 2.05) is 0 Å². The molecule has 0 heterocycles. The van der Waals surface area contributed by atoms with Crippen LogP contribution in [0.2, 0.25) is 0 Å². The van der Waals surface area contributed by atoms with Crippen LogP contribution in [0, 0.1) is 0 Å².